The fraction of sp³-hybridized carbons (Fsp3) is 0.588. The van der Waals surface area contributed by atoms with Crippen LogP contribution in [0.25, 0.3) is 0 Å². The van der Waals surface area contributed by atoms with Crippen molar-refractivity contribution in [2.75, 3.05) is 20.1 Å². The quantitative estimate of drug-likeness (QED) is 0.837. The van der Waals surface area contributed by atoms with Gasteiger partial charge in [-0.15, -0.1) is 0 Å². The maximum absolute atomic E-state index is 11.5. The predicted octanol–water partition coefficient (Wildman–Crippen LogP) is 1.68. The van der Waals surface area contributed by atoms with E-state index in [1.165, 1.54) is 24.0 Å². The summed E-state index contributed by atoms with van der Waals surface area (Å²) in [5.41, 5.74) is 7.81. The number of amides is 1. The first-order valence-electron chi connectivity index (χ1n) is 7.83. The van der Waals surface area contributed by atoms with E-state index in [9.17, 15) is 4.79 Å². The number of nitrogens with two attached hydrogens (primary N) is 1. The van der Waals surface area contributed by atoms with Crippen molar-refractivity contribution in [2.24, 2.45) is 5.73 Å². The molecule has 0 aliphatic carbocycles. The van der Waals surface area contributed by atoms with Crippen molar-refractivity contribution in [3.63, 3.8) is 0 Å². The van der Waals surface area contributed by atoms with Crippen LogP contribution in [-0.4, -0.2) is 36.5 Å². The molecule has 0 saturated carbocycles. The van der Waals surface area contributed by atoms with Gasteiger partial charge in [-0.1, -0.05) is 24.3 Å². The van der Waals surface area contributed by atoms with Crippen LogP contribution in [-0.2, 0) is 17.8 Å². The highest BCUT2D eigenvalue weighted by Gasteiger charge is 2.28. The van der Waals surface area contributed by atoms with E-state index in [4.69, 9.17) is 5.73 Å². The lowest BCUT2D eigenvalue weighted by Crippen LogP contribution is -2.51. The number of carbonyl (C=O) groups is 1. The molecule has 116 valence electrons. The van der Waals surface area contributed by atoms with Crippen LogP contribution < -0.4 is 11.1 Å². The molecule has 3 N–H and O–H groups in total. The third kappa shape index (κ3) is 4.05. The van der Waals surface area contributed by atoms with Gasteiger partial charge in [-0.3, -0.25) is 9.69 Å². The Balaban J connectivity index is 1.88. The number of aryl methyl sites for hydroxylation is 1. The largest absolute Gasteiger partial charge is 0.368 e. The highest BCUT2D eigenvalue weighted by Crippen LogP contribution is 2.19. The molecule has 1 aliphatic heterocycles. The fourth-order valence-corrected chi connectivity index (χ4v) is 2.99. The number of rotatable bonds is 6. The second-order valence-corrected chi connectivity index (χ2v) is 6.20. The molecule has 1 aromatic carbocycles. The summed E-state index contributed by atoms with van der Waals surface area (Å²) in [6.45, 7) is 5.04. The number of benzene rings is 1. The number of hydrogen-bond donors (Lipinski definition) is 2. The van der Waals surface area contributed by atoms with Crippen LogP contribution in [0.3, 0.4) is 0 Å². The molecule has 4 nitrogen and oxygen atoms in total. The van der Waals surface area contributed by atoms with Crippen LogP contribution >= 0.6 is 0 Å². The Morgan fingerprint density at radius 3 is 2.76 bits per heavy atom. The Hall–Kier alpha value is -1.39. The maximum Gasteiger partial charge on any atom is 0.237 e. The third-order valence-electron chi connectivity index (χ3n) is 4.68. The standard InChI is InChI=1S/C17H27N3O/c1-17(19-2,16(18)21)10-6-12-20-11-5-9-14-7-3-4-8-15(14)13-20/h3-4,7-8,19H,5-6,9-13H2,1-2H3,(H2,18,21). The molecule has 2 rings (SSSR count). The third-order valence-corrected chi connectivity index (χ3v) is 4.68. The van der Waals surface area contributed by atoms with Crippen LogP contribution in [0.4, 0.5) is 0 Å². The van der Waals surface area contributed by atoms with E-state index in [2.05, 4.69) is 34.5 Å². The fourth-order valence-electron chi connectivity index (χ4n) is 2.99. The Morgan fingerprint density at radius 2 is 2.10 bits per heavy atom. The minimum absolute atomic E-state index is 0.272. The van der Waals surface area contributed by atoms with E-state index in [0.717, 1.165) is 32.5 Å². The van der Waals surface area contributed by atoms with Gasteiger partial charge in [0, 0.05) is 6.54 Å². The van der Waals surface area contributed by atoms with E-state index < -0.39 is 5.54 Å². The van der Waals surface area contributed by atoms with Gasteiger partial charge in [0.15, 0.2) is 0 Å². The Morgan fingerprint density at radius 1 is 1.38 bits per heavy atom. The van der Waals surface area contributed by atoms with Gasteiger partial charge in [0.2, 0.25) is 5.91 Å². The smallest absolute Gasteiger partial charge is 0.237 e. The van der Waals surface area contributed by atoms with Gasteiger partial charge in [0.1, 0.15) is 0 Å². The minimum Gasteiger partial charge on any atom is -0.368 e. The summed E-state index contributed by atoms with van der Waals surface area (Å²) in [7, 11) is 1.80. The zero-order valence-electron chi connectivity index (χ0n) is 13.2. The average Bonchev–Trinajstić information content (AvgIpc) is 2.68. The summed E-state index contributed by atoms with van der Waals surface area (Å²) in [6.07, 6.45) is 4.12. The van der Waals surface area contributed by atoms with Gasteiger partial charge in [-0.05, 0) is 63.9 Å². The minimum atomic E-state index is -0.593. The van der Waals surface area contributed by atoms with Crippen LogP contribution in [0, 0.1) is 0 Å². The lowest BCUT2D eigenvalue weighted by Gasteiger charge is -2.27. The summed E-state index contributed by atoms with van der Waals surface area (Å²) < 4.78 is 0. The molecule has 1 aromatic rings. The number of nitrogens with one attached hydrogen (secondary N) is 1. The number of primary amides is 1. The van der Waals surface area contributed by atoms with Crippen molar-refractivity contribution < 1.29 is 4.79 Å². The molecule has 0 radical (unpaired) electrons. The van der Waals surface area contributed by atoms with Crippen LogP contribution in [0.15, 0.2) is 24.3 Å². The molecule has 21 heavy (non-hydrogen) atoms. The molecular weight excluding hydrogens is 262 g/mol. The SMILES string of the molecule is CNC(C)(CCCN1CCCc2ccccc2C1)C(N)=O. The summed E-state index contributed by atoms with van der Waals surface area (Å²) >= 11 is 0. The van der Waals surface area contributed by atoms with E-state index >= 15 is 0 Å². The van der Waals surface area contributed by atoms with Gasteiger partial charge in [-0.2, -0.15) is 0 Å². The van der Waals surface area contributed by atoms with E-state index in [-0.39, 0.29) is 5.91 Å². The molecule has 1 amide bonds. The maximum atomic E-state index is 11.5. The van der Waals surface area contributed by atoms with Crippen molar-refractivity contribution >= 4 is 5.91 Å². The van der Waals surface area contributed by atoms with Gasteiger partial charge in [0.25, 0.3) is 0 Å². The molecule has 1 atom stereocenters. The van der Waals surface area contributed by atoms with E-state index in [0.29, 0.717) is 0 Å². The van der Waals surface area contributed by atoms with Crippen LogP contribution in [0.5, 0.6) is 0 Å². The first kappa shape index (κ1) is 16.0. The Kier molecular flexibility index (Phi) is 5.37. The molecule has 0 saturated heterocycles. The second-order valence-electron chi connectivity index (χ2n) is 6.20. The van der Waals surface area contributed by atoms with Crippen molar-refractivity contribution in [2.45, 2.75) is 44.7 Å². The molecule has 1 unspecified atom stereocenters. The number of nitrogens with zero attached hydrogens (tertiary/aromatic N) is 1. The molecule has 1 aliphatic rings. The molecular formula is C17H27N3O. The van der Waals surface area contributed by atoms with E-state index in [1.54, 1.807) is 7.05 Å². The summed E-state index contributed by atoms with van der Waals surface area (Å²) in [4.78, 5) is 14.0. The number of likely N-dealkylation sites (N-methyl/N-ethyl adjacent to an activating group) is 1. The van der Waals surface area contributed by atoms with Crippen LogP contribution in [0.2, 0.25) is 0 Å². The highest BCUT2D eigenvalue weighted by molar-refractivity contribution is 5.84. The normalized spacial score (nSPS) is 18.6. The molecule has 0 spiro atoms. The van der Waals surface area contributed by atoms with Crippen LogP contribution in [0.1, 0.15) is 37.3 Å². The number of fused-ring (bicyclic) bond motifs is 1. The summed E-state index contributed by atoms with van der Waals surface area (Å²) in [6, 6.07) is 8.71. The van der Waals surface area contributed by atoms with Crippen molar-refractivity contribution in [3.05, 3.63) is 35.4 Å². The predicted molar refractivity (Wildman–Crippen MR) is 85.9 cm³/mol. The molecule has 0 fully saturated rings. The van der Waals surface area contributed by atoms with Gasteiger partial charge >= 0.3 is 0 Å². The summed E-state index contributed by atoms with van der Waals surface area (Å²) in [5.74, 6) is -0.272. The molecule has 4 heteroatoms. The zero-order chi connectivity index (χ0) is 15.3. The zero-order valence-corrected chi connectivity index (χ0v) is 13.2. The number of carbonyl (C=O) groups excluding carboxylic acids is 1. The second kappa shape index (κ2) is 7.05. The monoisotopic (exact) mass is 289 g/mol. The average molecular weight is 289 g/mol. The highest BCUT2D eigenvalue weighted by atomic mass is 16.1. The van der Waals surface area contributed by atoms with Crippen molar-refractivity contribution in [1.82, 2.24) is 10.2 Å². The first-order valence-corrected chi connectivity index (χ1v) is 7.83. The topological polar surface area (TPSA) is 58.4 Å². The lowest BCUT2D eigenvalue weighted by atomic mass is 9.95. The summed E-state index contributed by atoms with van der Waals surface area (Å²) in [5, 5.41) is 3.05. The van der Waals surface area contributed by atoms with Gasteiger partial charge in [-0.25, -0.2) is 0 Å². The van der Waals surface area contributed by atoms with E-state index in [1.807, 2.05) is 6.92 Å². The Bertz CT molecular complexity index is 489. The van der Waals surface area contributed by atoms with Crippen molar-refractivity contribution in [1.29, 1.82) is 0 Å². The number of hydrogen-bond acceptors (Lipinski definition) is 3. The molecule has 0 aromatic heterocycles. The molecule has 0 bridgehead atoms. The van der Waals surface area contributed by atoms with Gasteiger partial charge in [0.05, 0.1) is 5.54 Å². The lowest BCUT2D eigenvalue weighted by molar-refractivity contribution is -0.123. The first-order chi connectivity index (χ1) is 10.0. The molecule has 1 heterocycles. The van der Waals surface area contributed by atoms with Gasteiger partial charge < -0.3 is 11.1 Å². The Labute approximate surface area is 127 Å². The van der Waals surface area contributed by atoms with Crippen molar-refractivity contribution in [3.8, 4) is 0 Å².